The van der Waals surface area contributed by atoms with E-state index in [2.05, 4.69) is 20.7 Å². The van der Waals surface area contributed by atoms with Gasteiger partial charge in [-0.25, -0.2) is 8.42 Å². The van der Waals surface area contributed by atoms with Gasteiger partial charge in [-0.2, -0.15) is 0 Å². The predicted octanol–water partition coefficient (Wildman–Crippen LogP) is 3.37. The smallest absolute Gasteiger partial charge is 0.232 e. The standard InChI is InChI=1S/C12H18BrNO2S/c1-10(2)7-8-17(15,16)14-12-5-3-11(9-13)4-6-12/h3-6,10,14H,7-9H2,1-2H3. The van der Waals surface area contributed by atoms with Gasteiger partial charge in [0.1, 0.15) is 0 Å². The van der Waals surface area contributed by atoms with E-state index in [1.165, 1.54) is 0 Å². The summed E-state index contributed by atoms with van der Waals surface area (Å²) in [5, 5.41) is 0.771. The Balaban J connectivity index is 2.63. The van der Waals surface area contributed by atoms with Gasteiger partial charge in [-0.05, 0) is 30.0 Å². The SMILES string of the molecule is CC(C)CCS(=O)(=O)Nc1ccc(CBr)cc1. The normalized spacial score (nSPS) is 11.8. The zero-order valence-corrected chi connectivity index (χ0v) is 12.5. The summed E-state index contributed by atoms with van der Waals surface area (Å²) >= 11 is 3.35. The molecule has 0 spiro atoms. The second kappa shape index (κ2) is 6.40. The molecule has 0 unspecified atom stereocenters. The number of halogens is 1. The average Bonchev–Trinajstić information content (AvgIpc) is 2.27. The molecule has 1 aromatic carbocycles. The van der Waals surface area contributed by atoms with Crippen molar-refractivity contribution in [3.05, 3.63) is 29.8 Å². The first-order chi connectivity index (χ1) is 7.93. The highest BCUT2D eigenvalue weighted by molar-refractivity contribution is 9.08. The monoisotopic (exact) mass is 319 g/mol. The highest BCUT2D eigenvalue weighted by Gasteiger charge is 2.11. The van der Waals surface area contributed by atoms with Crippen molar-refractivity contribution in [1.82, 2.24) is 0 Å². The Labute approximate surface area is 112 Å². The van der Waals surface area contributed by atoms with Crippen LogP contribution in [-0.2, 0) is 15.4 Å². The number of sulfonamides is 1. The second-order valence-corrected chi connectivity index (χ2v) is 6.84. The Kier molecular flexibility index (Phi) is 5.46. The molecule has 0 amide bonds. The molecule has 0 aliphatic carbocycles. The van der Waals surface area contributed by atoms with Crippen molar-refractivity contribution in [2.24, 2.45) is 5.92 Å². The van der Waals surface area contributed by atoms with Gasteiger partial charge in [0.15, 0.2) is 0 Å². The van der Waals surface area contributed by atoms with Crippen molar-refractivity contribution >= 4 is 31.6 Å². The van der Waals surface area contributed by atoms with Crippen LogP contribution in [0.1, 0.15) is 25.8 Å². The summed E-state index contributed by atoms with van der Waals surface area (Å²) in [6.45, 7) is 4.03. The number of hydrogen-bond acceptors (Lipinski definition) is 2. The number of nitrogens with one attached hydrogen (secondary N) is 1. The molecule has 96 valence electrons. The molecule has 0 aliphatic rings. The molecule has 0 aliphatic heterocycles. The van der Waals surface area contributed by atoms with Gasteiger partial charge >= 0.3 is 0 Å². The Morgan fingerprint density at radius 2 is 1.82 bits per heavy atom. The topological polar surface area (TPSA) is 46.2 Å². The van der Waals surface area contributed by atoms with Crippen LogP contribution in [-0.4, -0.2) is 14.2 Å². The van der Waals surface area contributed by atoms with Gasteiger partial charge in [0.2, 0.25) is 10.0 Å². The van der Waals surface area contributed by atoms with Crippen LogP contribution >= 0.6 is 15.9 Å². The summed E-state index contributed by atoms with van der Waals surface area (Å²) in [6, 6.07) is 7.36. The highest BCUT2D eigenvalue weighted by Crippen LogP contribution is 2.14. The minimum absolute atomic E-state index is 0.171. The summed E-state index contributed by atoms with van der Waals surface area (Å²) in [5.74, 6) is 0.563. The molecule has 3 nitrogen and oxygen atoms in total. The van der Waals surface area contributed by atoms with Crippen molar-refractivity contribution in [3.63, 3.8) is 0 Å². The van der Waals surface area contributed by atoms with E-state index >= 15 is 0 Å². The van der Waals surface area contributed by atoms with Gasteiger partial charge in [-0.1, -0.05) is 41.9 Å². The molecule has 1 aromatic rings. The van der Waals surface area contributed by atoms with E-state index in [0.717, 1.165) is 10.9 Å². The van der Waals surface area contributed by atoms with E-state index in [9.17, 15) is 8.42 Å². The molecule has 0 saturated carbocycles. The summed E-state index contributed by atoms with van der Waals surface area (Å²) in [4.78, 5) is 0. The summed E-state index contributed by atoms with van der Waals surface area (Å²) in [6.07, 6.45) is 0.675. The van der Waals surface area contributed by atoms with Crippen LogP contribution in [0.3, 0.4) is 0 Å². The molecule has 1 rings (SSSR count). The molecule has 0 radical (unpaired) electrons. The molecule has 0 heterocycles. The molecule has 5 heteroatoms. The van der Waals surface area contributed by atoms with Crippen LogP contribution in [0.15, 0.2) is 24.3 Å². The number of benzene rings is 1. The highest BCUT2D eigenvalue weighted by atomic mass is 79.9. The number of alkyl halides is 1. The van der Waals surface area contributed by atoms with E-state index in [1.807, 2.05) is 26.0 Å². The van der Waals surface area contributed by atoms with Gasteiger partial charge < -0.3 is 0 Å². The summed E-state index contributed by atoms with van der Waals surface area (Å²) in [7, 11) is -3.21. The lowest BCUT2D eigenvalue weighted by Crippen LogP contribution is -2.17. The van der Waals surface area contributed by atoms with Gasteiger partial charge in [0, 0.05) is 11.0 Å². The third kappa shape index (κ3) is 5.55. The van der Waals surface area contributed by atoms with Crippen LogP contribution in [0, 0.1) is 5.92 Å². The number of anilines is 1. The Hall–Kier alpha value is -0.550. The first kappa shape index (κ1) is 14.5. The molecular formula is C12H18BrNO2S. The molecule has 0 fully saturated rings. The minimum atomic E-state index is -3.21. The van der Waals surface area contributed by atoms with Crippen LogP contribution < -0.4 is 4.72 Å². The third-order valence-electron chi connectivity index (χ3n) is 2.35. The maximum absolute atomic E-state index is 11.7. The molecular weight excluding hydrogens is 302 g/mol. The summed E-state index contributed by atoms with van der Waals surface area (Å²) < 4.78 is 26.1. The van der Waals surface area contributed by atoms with Crippen molar-refractivity contribution < 1.29 is 8.42 Å². The first-order valence-electron chi connectivity index (χ1n) is 5.58. The van der Waals surface area contributed by atoms with Crippen LogP contribution in [0.4, 0.5) is 5.69 Å². The lowest BCUT2D eigenvalue weighted by atomic mass is 10.2. The molecule has 0 atom stereocenters. The van der Waals surface area contributed by atoms with Gasteiger partial charge in [-0.15, -0.1) is 0 Å². The second-order valence-electron chi connectivity index (χ2n) is 4.43. The fourth-order valence-electron chi connectivity index (χ4n) is 1.28. The van der Waals surface area contributed by atoms with Crippen molar-refractivity contribution in [1.29, 1.82) is 0 Å². The van der Waals surface area contributed by atoms with Gasteiger partial charge in [-0.3, -0.25) is 4.72 Å². The molecule has 17 heavy (non-hydrogen) atoms. The summed E-state index contributed by atoms with van der Waals surface area (Å²) in [5.41, 5.74) is 1.74. The molecule has 0 aromatic heterocycles. The van der Waals surface area contributed by atoms with E-state index in [1.54, 1.807) is 12.1 Å². The van der Waals surface area contributed by atoms with E-state index < -0.39 is 10.0 Å². The molecule has 0 saturated heterocycles. The number of rotatable bonds is 6. The minimum Gasteiger partial charge on any atom is -0.284 e. The first-order valence-corrected chi connectivity index (χ1v) is 8.35. The zero-order chi connectivity index (χ0) is 12.9. The number of hydrogen-bond donors (Lipinski definition) is 1. The van der Waals surface area contributed by atoms with Crippen molar-refractivity contribution in [2.45, 2.75) is 25.6 Å². The predicted molar refractivity (Wildman–Crippen MR) is 75.9 cm³/mol. The van der Waals surface area contributed by atoms with Gasteiger partial charge in [0.25, 0.3) is 0 Å². The van der Waals surface area contributed by atoms with Crippen LogP contribution in [0.2, 0.25) is 0 Å². The maximum atomic E-state index is 11.7. The Morgan fingerprint density at radius 3 is 2.29 bits per heavy atom. The zero-order valence-electron chi connectivity index (χ0n) is 10.1. The van der Waals surface area contributed by atoms with Crippen LogP contribution in [0.25, 0.3) is 0 Å². The lowest BCUT2D eigenvalue weighted by molar-refractivity contribution is 0.578. The van der Waals surface area contributed by atoms with Crippen molar-refractivity contribution in [2.75, 3.05) is 10.5 Å². The third-order valence-corrected chi connectivity index (χ3v) is 4.31. The van der Waals surface area contributed by atoms with E-state index in [-0.39, 0.29) is 5.75 Å². The largest absolute Gasteiger partial charge is 0.284 e. The van der Waals surface area contributed by atoms with Gasteiger partial charge in [0.05, 0.1) is 5.75 Å². The quantitative estimate of drug-likeness (QED) is 0.817. The fraction of sp³-hybridized carbons (Fsp3) is 0.500. The average molecular weight is 320 g/mol. The van der Waals surface area contributed by atoms with Crippen LogP contribution in [0.5, 0.6) is 0 Å². The van der Waals surface area contributed by atoms with E-state index in [0.29, 0.717) is 18.0 Å². The van der Waals surface area contributed by atoms with Crippen molar-refractivity contribution in [3.8, 4) is 0 Å². The Morgan fingerprint density at radius 1 is 1.24 bits per heavy atom. The molecule has 0 bridgehead atoms. The maximum Gasteiger partial charge on any atom is 0.232 e. The lowest BCUT2D eigenvalue weighted by Gasteiger charge is -2.09. The molecule has 1 N–H and O–H groups in total. The fourth-order valence-corrected chi connectivity index (χ4v) is 3.04. The Bertz CT molecular complexity index is 440. The van der Waals surface area contributed by atoms with E-state index in [4.69, 9.17) is 0 Å².